The number of rotatable bonds is 2. The maximum Gasteiger partial charge on any atom is 0.0498 e. The normalized spacial score (nSPS) is 35.1. The molecule has 0 amide bonds. The smallest absolute Gasteiger partial charge is 0.0498 e. The first-order valence-corrected chi connectivity index (χ1v) is 5.76. The molecule has 0 bridgehead atoms. The fourth-order valence-corrected chi connectivity index (χ4v) is 3.05. The standard InChI is InChI=1S/C8H17NOS/c1-2-11(10)8-6-4-3-5-7(8)9/h7-8H,2-6,9H2,1H3/t7-,8+,11+/m0/s1. The summed E-state index contributed by atoms with van der Waals surface area (Å²) >= 11 is 0. The van der Waals surface area contributed by atoms with Crippen molar-refractivity contribution in [1.82, 2.24) is 0 Å². The lowest BCUT2D eigenvalue weighted by Gasteiger charge is -2.27. The Morgan fingerprint density at radius 3 is 2.64 bits per heavy atom. The van der Waals surface area contributed by atoms with Gasteiger partial charge in [-0.3, -0.25) is 4.21 Å². The molecule has 11 heavy (non-hydrogen) atoms. The molecular weight excluding hydrogens is 158 g/mol. The minimum atomic E-state index is -0.669. The molecule has 66 valence electrons. The Kier molecular flexibility index (Phi) is 3.52. The highest BCUT2D eigenvalue weighted by Crippen LogP contribution is 2.21. The Labute approximate surface area is 71.0 Å². The molecule has 2 N–H and O–H groups in total. The molecule has 0 spiro atoms. The molecule has 0 aromatic carbocycles. The van der Waals surface area contributed by atoms with E-state index in [1.54, 1.807) is 0 Å². The SMILES string of the molecule is CC[S@@](=O)[C@@H]1CCCC[C@@H]1N. The molecule has 0 saturated heterocycles. The second kappa shape index (κ2) is 4.21. The number of hydrogen-bond acceptors (Lipinski definition) is 2. The molecule has 2 nitrogen and oxygen atoms in total. The molecule has 0 aliphatic heterocycles. The zero-order valence-corrected chi connectivity index (χ0v) is 7.90. The van der Waals surface area contributed by atoms with Crippen molar-refractivity contribution in [2.24, 2.45) is 5.73 Å². The Balaban J connectivity index is 2.47. The summed E-state index contributed by atoms with van der Waals surface area (Å²) in [4.78, 5) is 0. The van der Waals surface area contributed by atoms with E-state index in [1.807, 2.05) is 6.92 Å². The first-order valence-electron chi connectivity index (χ1n) is 4.38. The fraction of sp³-hybridized carbons (Fsp3) is 1.00. The summed E-state index contributed by atoms with van der Waals surface area (Å²) in [5, 5.41) is 0.286. The van der Waals surface area contributed by atoms with Crippen LogP contribution in [0.4, 0.5) is 0 Å². The summed E-state index contributed by atoms with van der Waals surface area (Å²) in [6.07, 6.45) is 4.57. The third-order valence-electron chi connectivity index (χ3n) is 2.38. The predicted molar refractivity (Wildman–Crippen MR) is 48.9 cm³/mol. The van der Waals surface area contributed by atoms with Crippen LogP contribution in [0, 0.1) is 0 Å². The minimum Gasteiger partial charge on any atom is -0.327 e. The highest BCUT2D eigenvalue weighted by molar-refractivity contribution is 7.85. The van der Waals surface area contributed by atoms with Crippen molar-refractivity contribution in [1.29, 1.82) is 0 Å². The van der Waals surface area contributed by atoms with Gasteiger partial charge in [0, 0.05) is 27.8 Å². The van der Waals surface area contributed by atoms with Gasteiger partial charge in [0.1, 0.15) is 0 Å². The van der Waals surface area contributed by atoms with Crippen LogP contribution in [0.25, 0.3) is 0 Å². The van der Waals surface area contributed by atoms with Gasteiger partial charge in [-0.1, -0.05) is 19.8 Å². The minimum absolute atomic E-state index is 0.199. The molecule has 0 unspecified atom stereocenters. The third-order valence-corrected chi connectivity index (χ3v) is 4.21. The van der Waals surface area contributed by atoms with Crippen LogP contribution < -0.4 is 5.73 Å². The van der Waals surface area contributed by atoms with Crippen molar-refractivity contribution in [2.45, 2.75) is 43.9 Å². The Morgan fingerprint density at radius 1 is 1.45 bits per heavy atom. The third kappa shape index (κ3) is 2.27. The molecule has 1 rings (SSSR count). The van der Waals surface area contributed by atoms with Gasteiger partial charge in [0.05, 0.1) is 0 Å². The van der Waals surface area contributed by atoms with Crippen LogP contribution in [0.15, 0.2) is 0 Å². The van der Waals surface area contributed by atoms with Gasteiger partial charge in [0.25, 0.3) is 0 Å². The lowest BCUT2D eigenvalue weighted by Crippen LogP contribution is -2.40. The monoisotopic (exact) mass is 175 g/mol. The second-order valence-corrected chi connectivity index (χ2v) is 5.10. The summed E-state index contributed by atoms with van der Waals surface area (Å²) < 4.78 is 11.4. The average Bonchev–Trinajstić information content (AvgIpc) is 2.04. The predicted octanol–water partition coefficient (Wildman–Crippen LogP) is 1.02. The molecule has 0 radical (unpaired) electrons. The molecule has 0 aromatic heterocycles. The first kappa shape index (κ1) is 9.20. The van der Waals surface area contributed by atoms with Gasteiger partial charge >= 0.3 is 0 Å². The molecule has 3 heteroatoms. The van der Waals surface area contributed by atoms with Crippen LogP contribution in [0.3, 0.4) is 0 Å². The van der Waals surface area contributed by atoms with Crippen LogP contribution >= 0.6 is 0 Å². The van der Waals surface area contributed by atoms with Crippen molar-refractivity contribution in [2.75, 3.05) is 5.75 Å². The van der Waals surface area contributed by atoms with E-state index in [0.29, 0.717) is 0 Å². The van der Waals surface area contributed by atoms with Crippen LogP contribution in [0.2, 0.25) is 0 Å². The van der Waals surface area contributed by atoms with E-state index in [-0.39, 0.29) is 11.3 Å². The van der Waals surface area contributed by atoms with E-state index >= 15 is 0 Å². The van der Waals surface area contributed by atoms with Gasteiger partial charge in [-0.2, -0.15) is 0 Å². The molecule has 1 aliphatic rings. The zero-order valence-electron chi connectivity index (χ0n) is 7.08. The van der Waals surface area contributed by atoms with E-state index in [0.717, 1.165) is 18.6 Å². The van der Waals surface area contributed by atoms with E-state index in [2.05, 4.69) is 0 Å². The van der Waals surface area contributed by atoms with Crippen molar-refractivity contribution in [3.05, 3.63) is 0 Å². The van der Waals surface area contributed by atoms with Crippen LogP contribution in [0.5, 0.6) is 0 Å². The Morgan fingerprint density at radius 2 is 2.09 bits per heavy atom. The largest absolute Gasteiger partial charge is 0.327 e. The topological polar surface area (TPSA) is 43.1 Å². The number of nitrogens with two attached hydrogens (primary N) is 1. The number of hydrogen-bond donors (Lipinski definition) is 1. The maximum atomic E-state index is 11.4. The molecular formula is C8H17NOS. The van der Waals surface area contributed by atoms with Crippen LogP contribution in [0.1, 0.15) is 32.6 Å². The van der Waals surface area contributed by atoms with E-state index < -0.39 is 10.8 Å². The maximum absolute atomic E-state index is 11.4. The second-order valence-electron chi connectivity index (χ2n) is 3.16. The first-order chi connectivity index (χ1) is 5.25. The molecule has 1 aliphatic carbocycles. The molecule has 0 heterocycles. The van der Waals surface area contributed by atoms with Crippen molar-refractivity contribution in [3.8, 4) is 0 Å². The summed E-state index contributed by atoms with van der Waals surface area (Å²) in [6, 6.07) is 0.199. The quantitative estimate of drug-likeness (QED) is 0.681. The van der Waals surface area contributed by atoms with Gasteiger partial charge in [-0.15, -0.1) is 0 Å². The highest BCUT2D eigenvalue weighted by atomic mass is 32.2. The van der Waals surface area contributed by atoms with Crippen LogP contribution in [-0.4, -0.2) is 21.3 Å². The Bertz CT molecular complexity index is 149. The zero-order chi connectivity index (χ0) is 8.27. The summed E-state index contributed by atoms with van der Waals surface area (Å²) in [5.41, 5.74) is 5.86. The van der Waals surface area contributed by atoms with Gasteiger partial charge in [-0.05, 0) is 12.8 Å². The van der Waals surface area contributed by atoms with Gasteiger partial charge in [-0.25, -0.2) is 0 Å². The average molecular weight is 175 g/mol. The summed E-state index contributed by atoms with van der Waals surface area (Å²) in [6.45, 7) is 1.97. The Hall–Kier alpha value is 0.110. The van der Waals surface area contributed by atoms with E-state index in [4.69, 9.17) is 5.73 Å². The fourth-order valence-electron chi connectivity index (χ4n) is 1.67. The summed E-state index contributed by atoms with van der Waals surface area (Å²) in [5.74, 6) is 0.762. The molecule has 1 saturated carbocycles. The van der Waals surface area contributed by atoms with Gasteiger partial charge in [0.2, 0.25) is 0 Å². The van der Waals surface area contributed by atoms with E-state index in [1.165, 1.54) is 12.8 Å². The van der Waals surface area contributed by atoms with E-state index in [9.17, 15) is 4.21 Å². The molecule has 0 aromatic rings. The molecule has 1 fully saturated rings. The lowest BCUT2D eigenvalue weighted by molar-refractivity contribution is 0.445. The lowest BCUT2D eigenvalue weighted by atomic mass is 9.96. The van der Waals surface area contributed by atoms with Crippen LogP contribution in [-0.2, 0) is 10.8 Å². The van der Waals surface area contributed by atoms with Crippen molar-refractivity contribution in [3.63, 3.8) is 0 Å². The van der Waals surface area contributed by atoms with Gasteiger partial charge < -0.3 is 5.73 Å². The van der Waals surface area contributed by atoms with Crippen molar-refractivity contribution < 1.29 is 4.21 Å². The van der Waals surface area contributed by atoms with Gasteiger partial charge in [0.15, 0.2) is 0 Å². The summed E-state index contributed by atoms with van der Waals surface area (Å²) in [7, 11) is -0.669. The van der Waals surface area contributed by atoms with Crippen molar-refractivity contribution >= 4 is 10.8 Å². The molecule has 3 atom stereocenters. The highest BCUT2D eigenvalue weighted by Gasteiger charge is 2.25.